The van der Waals surface area contributed by atoms with Crippen LogP contribution in [0.4, 0.5) is 11.4 Å². The van der Waals surface area contributed by atoms with Gasteiger partial charge >= 0.3 is 0 Å². The molecule has 1 N–H and O–H groups in total. The van der Waals surface area contributed by atoms with Gasteiger partial charge in [0.05, 0.1) is 4.92 Å². The van der Waals surface area contributed by atoms with E-state index in [9.17, 15) is 10.1 Å². The van der Waals surface area contributed by atoms with Crippen LogP contribution in [0.3, 0.4) is 0 Å². The van der Waals surface area contributed by atoms with E-state index in [2.05, 4.69) is 12.2 Å². The van der Waals surface area contributed by atoms with E-state index in [0.29, 0.717) is 0 Å². The number of non-ortho nitro benzene ring substituents is 1. The van der Waals surface area contributed by atoms with E-state index < -0.39 is 0 Å². The Labute approximate surface area is 102 Å². The first-order chi connectivity index (χ1) is 8.15. The molecule has 0 aliphatic carbocycles. The van der Waals surface area contributed by atoms with E-state index in [1.54, 1.807) is 12.1 Å². The first-order valence-electron chi connectivity index (χ1n) is 6.14. The van der Waals surface area contributed by atoms with Crippen molar-refractivity contribution in [2.75, 3.05) is 11.9 Å². The number of aryl methyl sites for hydroxylation is 1. The van der Waals surface area contributed by atoms with Gasteiger partial charge in [0.15, 0.2) is 0 Å². The van der Waals surface area contributed by atoms with Crippen LogP contribution in [0.2, 0.25) is 0 Å². The third-order valence-corrected chi connectivity index (χ3v) is 2.78. The summed E-state index contributed by atoms with van der Waals surface area (Å²) in [5, 5.41) is 13.9. The van der Waals surface area contributed by atoms with Crippen LogP contribution in [0, 0.1) is 17.0 Å². The summed E-state index contributed by atoms with van der Waals surface area (Å²) in [6, 6.07) is 4.93. The Bertz CT molecular complexity index is 378. The summed E-state index contributed by atoms with van der Waals surface area (Å²) in [6.45, 7) is 5.01. The summed E-state index contributed by atoms with van der Waals surface area (Å²) < 4.78 is 0. The van der Waals surface area contributed by atoms with Crippen molar-refractivity contribution < 1.29 is 4.92 Å². The van der Waals surface area contributed by atoms with Crippen molar-refractivity contribution in [2.45, 2.75) is 39.5 Å². The highest BCUT2D eigenvalue weighted by molar-refractivity contribution is 5.56. The molecule has 94 valence electrons. The molecule has 0 unspecified atom stereocenters. The van der Waals surface area contributed by atoms with Gasteiger partial charge in [-0.15, -0.1) is 0 Å². The minimum atomic E-state index is -0.359. The molecule has 4 nitrogen and oxygen atoms in total. The molecule has 0 saturated carbocycles. The summed E-state index contributed by atoms with van der Waals surface area (Å²) in [6.07, 6.45) is 4.78. The van der Waals surface area contributed by atoms with Crippen molar-refractivity contribution in [1.29, 1.82) is 0 Å². The molecule has 1 aromatic rings. The molecule has 1 aromatic carbocycles. The normalized spacial score (nSPS) is 10.2. The van der Waals surface area contributed by atoms with Crippen LogP contribution in [-0.2, 0) is 0 Å². The van der Waals surface area contributed by atoms with Crippen LogP contribution in [0.1, 0.15) is 38.2 Å². The number of benzene rings is 1. The monoisotopic (exact) mass is 236 g/mol. The van der Waals surface area contributed by atoms with Gasteiger partial charge in [-0.2, -0.15) is 0 Å². The summed E-state index contributed by atoms with van der Waals surface area (Å²) in [7, 11) is 0. The van der Waals surface area contributed by atoms with Crippen LogP contribution < -0.4 is 5.32 Å². The Morgan fingerprint density at radius 2 is 2.06 bits per heavy atom. The van der Waals surface area contributed by atoms with Gasteiger partial charge < -0.3 is 5.32 Å². The SMILES string of the molecule is CCCCCCNc1cc([N+](=O)[O-])ccc1C. The lowest BCUT2D eigenvalue weighted by molar-refractivity contribution is -0.384. The molecule has 0 atom stereocenters. The Hall–Kier alpha value is -1.58. The average Bonchev–Trinajstić information content (AvgIpc) is 2.30. The second-order valence-corrected chi connectivity index (χ2v) is 4.24. The lowest BCUT2D eigenvalue weighted by Gasteiger charge is -2.08. The number of anilines is 1. The van der Waals surface area contributed by atoms with Crippen LogP contribution in [0.15, 0.2) is 18.2 Å². The fourth-order valence-corrected chi connectivity index (χ4v) is 1.69. The molecule has 0 heterocycles. The van der Waals surface area contributed by atoms with E-state index in [1.165, 1.54) is 25.3 Å². The number of nitrogens with zero attached hydrogens (tertiary/aromatic N) is 1. The van der Waals surface area contributed by atoms with Crippen LogP contribution in [0.25, 0.3) is 0 Å². The number of nitrogens with one attached hydrogen (secondary N) is 1. The number of hydrogen-bond donors (Lipinski definition) is 1. The Kier molecular flexibility index (Phi) is 5.46. The molecule has 0 spiro atoms. The van der Waals surface area contributed by atoms with Crippen LogP contribution in [0.5, 0.6) is 0 Å². The van der Waals surface area contributed by atoms with Crippen LogP contribution in [-0.4, -0.2) is 11.5 Å². The van der Waals surface area contributed by atoms with E-state index in [4.69, 9.17) is 0 Å². The molecule has 0 amide bonds. The first-order valence-corrected chi connectivity index (χ1v) is 6.14. The van der Waals surface area contributed by atoms with Gasteiger partial charge in [0.25, 0.3) is 5.69 Å². The van der Waals surface area contributed by atoms with Crippen molar-refractivity contribution in [2.24, 2.45) is 0 Å². The van der Waals surface area contributed by atoms with Crippen molar-refractivity contribution in [3.63, 3.8) is 0 Å². The van der Waals surface area contributed by atoms with E-state index in [-0.39, 0.29) is 10.6 Å². The van der Waals surface area contributed by atoms with E-state index >= 15 is 0 Å². The highest BCUT2D eigenvalue weighted by Gasteiger charge is 2.07. The summed E-state index contributed by atoms with van der Waals surface area (Å²) in [5.74, 6) is 0. The molecule has 0 radical (unpaired) electrons. The lowest BCUT2D eigenvalue weighted by Crippen LogP contribution is -2.03. The topological polar surface area (TPSA) is 55.2 Å². The van der Waals surface area contributed by atoms with Gasteiger partial charge in [-0.25, -0.2) is 0 Å². The van der Waals surface area contributed by atoms with Gasteiger partial charge in [-0.05, 0) is 18.9 Å². The van der Waals surface area contributed by atoms with Gasteiger partial charge in [0.1, 0.15) is 0 Å². The number of nitro benzene ring substituents is 1. The summed E-state index contributed by atoms with van der Waals surface area (Å²) in [5.41, 5.74) is 2.06. The second-order valence-electron chi connectivity index (χ2n) is 4.24. The lowest BCUT2D eigenvalue weighted by atomic mass is 10.1. The fraction of sp³-hybridized carbons (Fsp3) is 0.538. The summed E-state index contributed by atoms with van der Waals surface area (Å²) in [4.78, 5) is 10.3. The predicted molar refractivity (Wildman–Crippen MR) is 70.5 cm³/mol. The zero-order valence-electron chi connectivity index (χ0n) is 10.5. The largest absolute Gasteiger partial charge is 0.385 e. The third-order valence-electron chi connectivity index (χ3n) is 2.78. The molecule has 17 heavy (non-hydrogen) atoms. The zero-order valence-corrected chi connectivity index (χ0v) is 10.5. The molecule has 0 saturated heterocycles. The predicted octanol–water partition coefficient (Wildman–Crippen LogP) is 3.90. The number of hydrogen-bond acceptors (Lipinski definition) is 3. The van der Waals surface area contributed by atoms with Crippen molar-refractivity contribution >= 4 is 11.4 Å². The van der Waals surface area contributed by atoms with Gasteiger partial charge in [0.2, 0.25) is 0 Å². The fourth-order valence-electron chi connectivity index (χ4n) is 1.69. The van der Waals surface area contributed by atoms with E-state index in [0.717, 1.165) is 24.2 Å². The highest BCUT2D eigenvalue weighted by atomic mass is 16.6. The minimum absolute atomic E-state index is 0.145. The number of nitro groups is 1. The highest BCUT2D eigenvalue weighted by Crippen LogP contribution is 2.21. The second kappa shape index (κ2) is 6.89. The molecule has 0 bridgehead atoms. The summed E-state index contributed by atoms with van der Waals surface area (Å²) >= 11 is 0. The molecule has 4 heteroatoms. The molecular formula is C13H20N2O2. The molecule has 0 aromatic heterocycles. The molecule has 0 aliphatic heterocycles. The maximum absolute atomic E-state index is 10.7. The van der Waals surface area contributed by atoms with Gasteiger partial charge in [0, 0.05) is 24.4 Å². The standard InChI is InChI=1S/C13H20N2O2/c1-3-4-5-6-9-14-13-10-12(15(16)17)8-7-11(13)2/h7-8,10,14H,3-6,9H2,1-2H3. The van der Waals surface area contributed by atoms with Gasteiger partial charge in [-0.3, -0.25) is 10.1 Å². The van der Waals surface area contributed by atoms with Crippen molar-refractivity contribution in [1.82, 2.24) is 0 Å². The molecule has 0 aliphatic rings. The smallest absolute Gasteiger partial charge is 0.271 e. The maximum Gasteiger partial charge on any atom is 0.271 e. The van der Waals surface area contributed by atoms with Crippen molar-refractivity contribution in [3.05, 3.63) is 33.9 Å². The van der Waals surface area contributed by atoms with E-state index in [1.807, 2.05) is 6.92 Å². The van der Waals surface area contributed by atoms with Gasteiger partial charge in [-0.1, -0.05) is 32.3 Å². The van der Waals surface area contributed by atoms with Crippen LogP contribution >= 0.6 is 0 Å². The Balaban J connectivity index is 2.51. The third kappa shape index (κ3) is 4.43. The average molecular weight is 236 g/mol. The maximum atomic E-state index is 10.7. The number of rotatable bonds is 7. The first kappa shape index (κ1) is 13.5. The minimum Gasteiger partial charge on any atom is -0.385 e. The number of unbranched alkanes of at least 4 members (excludes halogenated alkanes) is 3. The van der Waals surface area contributed by atoms with Crippen molar-refractivity contribution in [3.8, 4) is 0 Å². The Morgan fingerprint density at radius 3 is 2.71 bits per heavy atom. The Morgan fingerprint density at radius 1 is 1.29 bits per heavy atom. The molecular weight excluding hydrogens is 216 g/mol. The molecule has 0 fully saturated rings. The quantitative estimate of drug-likeness (QED) is 0.444. The molecule has 1 rings (SSSR count). The zero-order chi connectivity index (χ0) is 12.7.